The second-order valence-electron chi connectivity index (χ2n) is 13.3. The molecule has 0 bridgehead atoms. The summed E-state index contributed by atoms with van der Waals surface area (Å²) >= 11 is 0. The summed E-state index contributed by atoms with van der Waals surface area (Å²) in [6.07, 6.45) is 2.46. The molecular weight excluding hydrogens is 708 g/mol. The van der Waals surface area contributed by atoms with Gasteiger partial charge >= 0.3 is 6.16 Å². The third-order valence-corrected chi connectivity index (χ3v) is 9.52. The lowest BCUT2D eigenvalue weighted by molar-refractivity contribution is -0.757. The molecular formula is C42H52N2O11. The Labute approximate surface area is 322 Å². The van der Waals surface area contributed by atoms with Crippen molar-refractivity contribution < 1.29 is 47.9 Å². The Morgan fingerprint density at radius 3 is 2.35 bits per heavy atom. The highest BCUT2D eigenvalue weighted by Crippen LogP contribution is 2.35. The predicted octanol–water partition coefficient (Wildman–Crippen LogP) is 7.65. The first kappa shape index (κ1) is 41.1. The SMILES string of the molecule is COc1ccccc1COCCCOc1ccc(C2C(COC(=O)OCCCCCCO[N+](=O)[O-])CNCC2OCc2cc(OC)c3ccccc3c2)cc1. The molecule has 0 aromatic heterocycles. The van der Waals surface area contributed by atoms with Gasteiger partial charge in [-0.25, -0.2) is 4.79 Å². The summed E-state index contributed by atoms with van der Waals surface area (Å²) < 4.78 is 40.6. The number of hydrogen-bond donors (Lipinski definition) is 1. The zero-order valence-electron chi connectivity index (χ0n) is 31.7. The van der Waals surface area contributed by atoms with E-state index in [1.54, 1.807) is 14.2 Å². The summed E-state index contributed by atoms with van der Waals surface area (Å²) in [7, 11) is 3.33. The molecule has 0 spiro atoms. The molecule has 1 saturated heterocycles. The molecule has 1 aliphatic heterocycles. The van der Waals surface area contributed by atoms with Crippen LogP contribution >= 0.6 is 0 Å². The van der Waals surface area contributed by atoms with E-state index in [4.69, 9.17) is 33.2 Å². The molecule has 3 unspecified atom stereocenters. The summed E-state index contributed by atoms with van der Waals surface area (Å²) in [4.78, 5) is 27.2. The van der Waals surface area contributed by atoms with Crippen LogP contribution in [0.4, 0.5) is 4.79 Å². The third kappa shape index (κ3) is 13.0. The van der Waals surface area contributed by atoms with Gasteiger partial charge < -0.3 is 43.3 Å². The summed E-state index contributed by atoms with van der Waals surface area (Å²) in [5.41, 5.74) is 3.06. The number of unbranched alkanes of at least 4 members (excludes halogenated alkanes) is 3. The molecule has 0 amide bonds. The van der Waals surface area contributed by atoms with Crippen molar-refractivity contribution >= 4 is 16.9 Å². The van der Waals surface area contributed by atoms with Crippen LogP contribution in [0, 0.1) is 16.0 Å². The number of fused-ring (bicyclic) bond motifs is 1. The van der Waals surface area contributed by atoms with Crippen LogP contribution < -0.4 is 19.5 Å². The fourth-order valence-corrected chi connectivity index (χ4v) is 6.78. The van der Waals surface area contributed by atoms with E-state index in [9.17, 15) is 14.9 Å². The molecule has 0 saturated carbocycles. The van der Waals surface area contributed by atoms with E-state index in [0.29, 0.717) is 52.4 Å². The number of carbonyl (C=O) groups is 1. The average Bonchev–Trinajstić information content (AvgIpc) is 3.21. The highest BCUT2D eigenvalue weighted by atomic mass is 16.9. The molecule has 3 atom stereocenters. The lowest BCUT2D eigenvalue weighted by Crippen LogP contribution is -2.48. The van der Waals surface area contributed by atoms with E-state index in [2.05, 4.69) is 34.4 Å². The molecule has 4 aromatic rings. The van der Waals surface area contributed by atoms with Gasteiger partial charge in [0.15, 0.2) is 0 Å². The Bertz CT molecular complexity index is 1770. The second-order valence-corrected chi connectivity index (χ2v) is 13.3. The number of benzene rings is 4. The minimum Gasteiger partial charge on any atom is -0.496 e. The van der Waals surface area contributed by atoms with Crippen molar-refractivity contribution in [1.29, 1.82) is 0 Å². The third-order valence-electron chi connectivity index (χ3n) is 9.52. The summed E-state index contributed by atoms with van der Waals surface area (Å²) in [6.45, 7) is 3.57. The van der Waals surface area contributed by atoms with Gasteiger partial charge in [0, 0.05) is 42.3 Å². The smallest absolute Gasteiger partial charge is 0.496 e. The minimum atomic E-state index is -0.794. The van der Waals surface area contributed by atoms with Gasteiger partial charge in [-0.1, -0.05) is 61.0 Å². The van der Waals surface area contributed by atoms with Gasteiger partial charge in [0.25, 0.3) is 5.09 Å². The van der Waals surface area contributed by atoms with E-state index in [0.717, 1.165) is 64.0 Å². The molecule has 0 radical (unpaired) electrons. The van der Waals surface area contributed by atoms with Crippen molar-refractivity contribution in [2.75, 3.05) is 60.3 Å². The van der Waals surface area contributed by atoms with Gasteiger partial charge in [-0.05, 0) is 66.1 Å². The Kier molecular flexibility index (Phi) is 16.7. The van der Waals surface area contributed by atoms with Crippen molar-refractivity contribution in [2.24, 2.45) is 5.92 Å². The number of para-hydroxylation sites is 1. The van der Waals surface area contributed by atoms with Crippen LogP contribution in [-0.4, -0.2) is 77.7 Å². The number of nitrogens with one attached hydrogen (secondary N) is 1. The van der Waals surface area contributed by atoms with Gasteiger partial charge in [-0.3, -0.25) is 0 Å². The highest BCUT2D eigenvalue weighted by Gasteiger charge is 2.36. The zero-order valence-corrected chi connectivity index (χ0v) is 31.7. The van der Waals surface area contributed by atoms with Gasteiger partial charge in [-0.2, -0.15) is 0 Å². The van der Waals surface area contributed by atoms with Gasteiger partial charge in [0.1, 0.15) is 17.2 Å². The standard InChI is InChI=1S/C42H52N2O11/c1-48-38-15-8-6-13-34(38)29-50-20-11-22-51-36-18-16-32(17-19-36)41-35(30-54-42(45)52-21-9-3-4-10-23-55-44(46)47)26-43-27-40(41)53-28-31-24-33-12-5-7-14-37(33)39(25-31)49-2/h5-8,12-19,24-25,35,40-41,43H,3-4,9-11,20-23,26-30H2,1-2H3. The van der Waals surface area contributed by atoms with Crippen LogP contribution in [-0.2, 0) is 37.0 Å². The quantitative estimate of drug-likeness (QED) is 0.0343. The first-order valence-electron chi connectivity index (χ1n) is 18.8. The molecule has 4 aromatic carbocycles. The Hall–Kier alpha value is -5.11. The molecule has 0 aliphatic carbocycles. The first-order valence-corrected chi connectivity index (χ1v) is 18.8. The Balaban J connectivity index is 1.16. The topological polar surface area (TPSA) is 146 Å². The Morgan fingerprint density at radius 1 is 0.782 bits per heavy atom. The van der Waals surface area contributed by atoms with Crippen LogP contribution in [0.25, 0.3) is 10.8 Å². The van der Waals surface area contributed by atoms with Crippen molar-refractivity contribution in [3.63, 3.8) is 0 Å². The number of piperidine rings is 1. The highest BCUT2D eigenvalue weighted by molar-refractivity contribution is 5.89. The molecule has 13 nitrogen and oxygen atoms in total. The van der Waals surface area contributed by atoms with Crippen LogP contribution in [0.3, 0.4) is 0 Å². The molecule has 296 valence electrons. The predicted molar refractivity (Wildman–Crippen MR) is 206 cm³/mol. The lowest BCUT2D eigenvalue weighted by Gasteiger charge is -2.38. The van der Waals surface area contributed by atoms with E-state index in [1.807, 2.05) is 60.7 Å². The number of rotatable bonds is 23. The Morgan fingerprint density at radius 2 is 1.55 bits per heavy atom. The molecule has 13 heteroatoms. The fraction of sp³-hybridized carbons (Fsp3) is 0.452. The second kappa shape index (κ2) is 22.3. The maximum atomic E-state index is 12.6. The fourth-order valence-electron chi connectivity index (χ4n) is 6.78. The minimum absolute atomic E-state index is 0.0605. The van der Waals surface area contributed by atoms with Gasteiger partial charge in [0.05, 0.1) is 66.6 Å². The summed E-state index contributed by atoms with van der Waals surface area (Å²) in [6, 6.07) is 28.1. The largest absolute Gasteiger partial charge is 0.508 e. The van der Waals surface area contributed by atoms with Crippen molar-refractivity contribution in [1.82, 2.24) is 5.32 Å². The summed E-state index contributed by atoms with van der Waals surface area (Å²) in [5.74, 6) is 2.18. The lowest BCUT2D eigenvalue weighted by atomic mass is 9.79. The van der Waals surface area contributed by atoms with E-state index in [1.165, 1.54) is 0 Å². The van der Waals surface area contributed by atoms with E-state index < -0.39 is 11.2 Å². The number of hydrogen-bond acceptors (Lipinski definition) is 12. The monoisotopic (exact) mass is 760 g/mol. The van der Waals surface area contributed by atoms with Gasteiger partial charge in [-0.15, -0.1) is 10.1 Å². The maximum absolute atomic E-state index is 12.6. The van der Waals surface area contributed by atoms with Crippen LogP contribution in [0.2, 0.25) is 0 Å². The number of carbonyl (C=O) groups excluding carboxylic acids is 1. The number of methoxy groups -OCH3 is 2. The van der Waals surface area contributed by atoms with Crippen LogP contribution in [0.1, 0.15) is 54.7 Å². The number of nitrogens with zero attached hydrogens (tertiary/aromatic N) is 1. The first-order chi connectivity index (χ1) is 26.9. The number of ether oxygens (including phenoxy) is 7. The average molecular weight is 761 g/mol. The van der Waals surface area contributed by atoms with E-state index >= 15 is 0 Å². The van der Waals surface area contributed by atoms with Crippen LogP contribution in [0.15, 0.2) is 84.9 Å². The normalized spacial score (nSPS) is 16.7. The van der Waals surface area contributed by atoms with Crippen molar-refractivity contribution in [2.45, 2.75) is 57.3 Å². The van der Waals surface area contributed by atoms with E-state index in [-0.39, 0.29) is 37.8 Å². The molecule has 1 fully saturated rings. The maximum Gasteiger partial charge on any atom is 0.508 e. The molecule has 55 heavy (non-hydrogen) atoms. The van der Waals surface area contributed by atoms with Gasteiger partial charge in [0.2, 0.25) is 0 Å². The summed E-state index contributed by atoms with van der Waals surface area (Å²) in [5, 5.41) is 15.1. The molecule has 5 rings (SSSR count). The molecule has 1 N–H and O–H groups in total. The van der Waals surface area contributed by atoms with Crippen LogP contribution in [0.5, 0.6) is 17.2 Å². The molecule has 1 aliphatic rings. The van der Waals surface area contributed by atoms with Crippen molar-refractivity contribution in [3.8, 4) is 17.2 Å². The zero-order chi connectivity index (χ0) is 38.7. The molecule has 1 heterocycles. The van der Waals surface area contributed by atoms with Crippen molar-refractivity contribution in [3.05, 3.63) is 112 Å².